The largest absolute Gasteiger partial charge is 0.374 e. The molecule has 2 rings (SSSR count). The average Bonchev–Trinajstić information content (AvgIpc) is 2.48. The highest BCUT2D eigenvalue weighted by Gasteiger charge is 2.41. The zero-order valence-corrected chi connectivity index (χ0v) is 13.5. The van der Waals surface area contributed by atoms with Crippen LogP contribution in [0.4, 0.5) is 4.39 Å². The molecular weight excluding hydrogens is 265 g/mol. The van der Waals surface area contributed by atoms with Crippen LogP contribution < -0.4 is 5.32 Å². The molecule has 0 amide bonds. The van der Waals surface area contributed by atoms with E-state index in [9.17, 15) is 4.39 Å². The molecule has 0 bridgehead atoms. The molecule has 0 aliphatic heterocycles. The Hall–Kier alpha value is -0.930. The number of hydrogen-bond acceptors (Lipinski definition) is 2. The Bertz CT molecular complexity index is 441. The molecule has 1 fully saturated rings. The van der Waals surface area contributed by atoms with Crippen LogP contribution in [0.25, 0.3) is 0 Å². The van der Waals surface area contributed by atoms with E-state index in [0.717, 1.165) is 37.4 Å². The molecule has 0 heterocycles. The summed E-state index contributed by atoms with van der Waals surface area (Å²) in [5.74, 6) is 0.621. The van der Waals surface area contributed by atoms with Crippen molar-refractivity contribution >= 4 is 0 Å². The standard InChI is InChI=1S/C18H28FNO/c1-4-21-18(10-8-14(2)9-11-18)17(20-3)13-15-6-5-7-16(19)12-15/h5-7,12,14,17,20H,4,8-11,13H2,1-3H3. The fraction of sp³-hybridized carbons (Fsp3) is 0.667. The van der Waals surface area contributed by atoms with Gasteiger partial charge in [-0.05, 0) is 69.7 Å². The van der Waals surface area contributed by atoms with Gasteiger partial charge in [0.25, 0.3) is 0 Å². The maximum Gasteiger partial charge on any atom is 0.123 e. The van der Waals surface area contributed by atoms with Crippen molar-refractivity contribution in [3.63, 3.8) is 0 Å². The highest BCUT2D eigenvalue weighted by molar-refractivity contribution is 5.19. The van der Waals surface area contributed by atoms with Gasteiger partial charge in [-0.1, -0.05) is 19.1 Å². The zero-order valence-electron chi connectivity index (χ0n) is 13.5. The van der Waals surface area contributed by atoms with E-state index in [4.69, 9.17) is 4.74 Å². The van der Waals surface area contributed by atoms with Crippen molar-refractivity contribution in [2.24, 2.45) is 5.92 Å². The van der Waals surface area contributed by atoms with Crippen molar-refractivity contribution in [3.8, 4) is 0 Å². The van der Waals surface area contributed by atoms with E-state index >= 15 is 0 Å². The number of ether oxygens (including phenoxy) is 1. The molecule has 1 aliphatic carbocycles. The Balaban J connectivity index is 2.15. The van der Waals surface area contributed by atoms with Gasteiger partial charge in [-0.25, -0.2) is 4.39 Å². The van der Waals surface area contributed by atoms with E-state index in [-0.39, 0.29) is 17.5 Å². The van der Waals surface area contributed by atoms with E-state index in [0.29, 0.717) is 0 Å². The number of halogens is 1. The van der Waals surface area contributed by atoms with Crippen LogP contribution in [0.2, 0.25) is 0 Å². The smallest absolute Gasteiger partial charge is 0.123 e. The summed E-state index contributed by atoms with van der Waals surface area (Å²) in [7, 11) is 1.99. The van der Waals surface area contributed by atoms with Gasteiger partial charge in [0.05, 0.1) is 5.60 Å². The summed E-state index contributed by atoms with van der Waals surface area (Å²) in [6, 6.07) is 7.15. The third-order valence-electron chi connectivity index (χ3n) is 4.86. The third-order valence-corrected chi connectivity index (χ3v) is 4.86. The summed E-state index contributed by atoms with van der Waals surface area (Å²) < 4.78 is 19.6. The van der Waals surface area contributed by atoms with Gasteiger partial charge in [-0.15, -0.1) is 0 Å². The van der Waals surface area contributed by atoms with Crippen molar-refractivity contribution in [2.45, 2.75) is 57.6 Å². The Labute approximate surface area is 128 Å². The van der Waals surface area contributed by atoms with Crippen LogP contribution in [0.5, 0.6) is 0 Å². The Morgan fingerprint density at radius 2 is 2.10 bits per heavy atom. The maximum absolute atomic E-state index is 13.4. The monoisotopic (exact) mass is 293 g/mol. The Morgan fingerprint density at radius 3 is 2.67 bits per heavy atom. The minimum absolute atomic E-state index is 0.109. The lowest BCUT2D eigenvalue weighted by molar-refractivity contribution is -0.0947. The highest BCUT2D eigenvalue weighted by Crippen LogP contribution is 2.38. The van der Waals surface area contributed by atoms with Crippen LogP contribution in [-0.4, -0.2) is 25.3 Å². The van der Waals surface area contributed by atoms with E-state index in [1.807, 2.05) is 13.1 Å². The summed E-state index contributed by atoms with van der Waals surface area (Å²) in [6.45, 7) is 5.11. The van der Waals surface area contributed by atoms with Crippen molar-refractivity contribution in [1.82, 2.24) is 5.32 Å². The number of nitrogens with one attached hydrogen (secondary N) is 1. The Morgan fingerprint density at radius 1 is 1.38 bits per heavy atom. The molecule has 21 heavy (non-hydrogen) atoms. The third kappa shape index (κ3) is 4.04. The SMILES string of the molecule is CCOC1(C(Cc2cccc(F)c2)NC)CCC(C)CC1. The second kappa shape index (κ2) is 7.37. The fourth-order valence-electron chi connectivity index (χ4n) is 3.58. The van der Waals surface area contributed by atoms with Gasteiger partial charge in [-0.2, -0.15) is 0 Å². The molecule has 118 valence electrons. The molecule has 0 aromatic heterocycles. The molecule has 1 N–H and O–H groups in total. The number of benzene rings is 1. The predicted octanol–water partition coefficient (Wildman–Crippen LogP) is 3.94. The molecule has 1 unspecified atom stereocenters. The molecular formula is C18H28FNO. The van der Waals surface area contributed by atoms with Crippen molar-refractivity contribution in [1.29, 1.82) is 0 Å². The number of likely N-dealkylation sites (N-methyl/N-ethyl adjacent to an activating group) is 1. The van der Waals surface area contributed by atoms with Crippen LogP contribution in [0.15, 0.2) is 24.3 Å². The first-order valence-electron chi connectivity index (χ1n) is 8.15. The predicted molar refractivity (Wildman–Crippen MR) is 84.9 cm³/mol. The summed E-state index contributed by atoms with van der Waals surface area (Å²) in [4.78, 5) is 0. The lowest BCUT2D eigenvalue weighted by atomic mass is 9.73. The van der Waals surface area contributed by atoms with Crippen molar-refractivity contribution < 1.29 is 9.13 Å². The molecule has 1 aromatic carbocycles. The normalized spacial score (nSPS) is 27.5. The highest BCUT2D eigenvalue weighted by atomic mass is 19.1. The topological polar surface area (TPSA) is 21.3 Å². The van der Waals surface area contributed by atoms with Crippen LogP contribution in [-0.2, 0) is 11.2 Å². The molecule has 0 radical (unpaired) electrons. The van der Waals surface area contributed by atoms with Crippen molar-refractivity contribution in [3.05, 3.63) is 35.6 Å². The van der Waals surface area contributed by atoms with E-state index in [2.05, 4.69) is 19.2 Å². The summed E-state index contributed by atoms with van der Waals surface area (Å²) in [5, 5.41) is 3.43. The Kier molecular flexibility index (Phi) is 5.77. The maximum atomic E-state index is 13.4. The first kappa shape index (κ1) is 16.4. The minimum atomic E-state index is -0.162. The molecule has 3 heteroatoms. The van der Waals surface area contributed by atoms with Crippen LogP contribution >= 0.6 is 0 Å². The van der Waals surface area contributed by atoms with Gasteiger partial charge in [0.15, 0.2) is 0 Å². The molecule has 1 atom stereocenters. The van der Waals surface area contributed by atoms with Crippen LogP contribution in [0.3, 0.4) is 0 Å². The summed E-state index contributed by atoms with van der Waals surface area (Å²) in [6.07, 6.45) is 5.40. The lowest BCUT2D eigenvalue weighted by Crippen LogP contribution is -2.54. The second-order valence-corrected chi connectivity index (χ2v) is 6.36. The second-order valence-electron chi connectivity index (χ2n) is 6.36. The number of rotatable bonds is 6. The molecule has 1 aromatic rings. The lowest BCUT2D eigenvalue weighted by Gasteiger charge is -2.45. The van der Waals surface area contributed by atoms with Crippen LogP contribution in [0.1, 0.15) is 45.1 Å². The quantitative estimate of drug-likeness (QED) is 0.857. The first-order valence-corrected chi connectivity index (χ1v) is 8.15. The molecule has 1 saturated carbocycles. The fourth-order valence-corrected chi connectivity index (χ4v) is 3.58. The minimum Gasteiger partial charge on any atom is -0.374 e. The van der Waals surface area contributed by atoms with Gasteiger partial charge >= 0.3 is 0 Å². The summed E-state index contributed by atoms with van der Waals surface area (Å²) in [5.41, 5.74) is 0.926. The van der Waals surface area contributed by atoms with Gasteiger partial charge in [-0.3, -0.25) is 0 Å². The van der Waals surface area contributed by atoms with Crippen LogP contribution in [0, 0.1) is 11.7 Å². The van der Waals surface area contributed by atoms with E-state index in [1.165, 1.54) is 18.9 Å². The van der Waals surface area contributed by atoms with E-state index < -0.39 is 0 Å². The molecule has 0 saturated heterocycles. The van der Waals surface area contributed by atoms with E-state index in [1.54, 1.807) is 12.1 Å². The van der Waals surface area contributed by atoms with Crippen molar-refractivity contribution in [2.75, 3.05) is 13.7 Å². The molecule has 1 aliphatic rings. The zero-order chi connectivity index (χ0) is 15.3. The van der Waals surface area contributed by atoms with Gasteiger partial charge in [0, 0.05) is 12.6 Å². The molecule has 2 nitrogen and oxygen atoms in total. The first-order chi connectivity index (χ1) is 10.1. The summed E-state index contributed by atoms with van der Waals surface area (Å²) >= 11 is 0. The van der Waals surface area contributed by atoms with Gasteiger partial charge < -0.3 is 10.1 Å². The van der Waals surface area contributed by atoms with Gasteiger partial charge in [0.2, 0.25) is 0 Å². The number of hydrogen-bond donors (Lipinski definition) is 1. The van der Waals surface area contributed by atoms with Gasteiger partial charge in [0.1, 0.15) is 5.82 Å². The average molecular weight is 293 g/mol. The molecule has 0 spiro atoms.